The van der Waals surface area contributed by atoms with Crippen molar-refractivity contribution in [1.82, 2.24) is 0 Å². The summed E-state index contributed by atoms with van der Waals surface area (Å²) < 4.78 is 0. The maximum absolute atomic E-state index is 10.2. The van der Waals surface area contributed by atoms with Gasteiger partial charge in [0.2, 0.25) is 0 Å². The van der Waals surface area contributed by atoms with Crippen molar-refractivity contribution in [2.24, 2.45) is 0 Å². The van der Waals surface area contributed by atoms with E-state index in [1.165, 1.54) is 34.2 Å². The third kappa shape index (κ3) is 0.958. The van der Waals surface area contributed by atoms with Gasteiger partial charge in [-0.3, -0.25) is 0 Å². The fourth-order valence-electron chi connectivity index (χ4n) is 3.97. The lowest BCUT2D eigenvalue weighted by atomic mass is 9.57. The third-order valence-electron chi connectivity index (χ3n) is 4.61. The first-order chi connectivity index (χ1) is 7.26. The molecule has 0 saturated carbocycles. The minimum atomic E-state index is -0.570. The van der Waals surface area contributed by atoms with Gasteiger partial charge in [-0.1, -0.05) is 13.8 Å². The summed E-state index contributed by atoms with van der Waals surface area (Å²) in [6, 6.07) is 0. The number of aliphatic hydroxyl groups is 1. The predicted molar refractivity (Wildman–Crippen MR) is 65.9 cm³/mol. The van der Waals surface area contributed by atoms with E-state index in [-0.39, 0.29) is 0 Å². The number of hydrogen-bond acceptors (Lipinski definition) is 1. The van der Waals surface area contributed by atoms with E-state index in [0.29, 0.717) is 5.41 Å². The Morgan fingerprint density at radius 3 is 1.88 bits per heavy atom. The van der Waals surface area contributed by atoms with E-state index >= 15 is 0 Å². The molecular formula is C15H20O. The van der Waals surface area contributed by atoms with Crippen LogP contribution in [0.2, 0.25) is 0 Å². The van der Waals surface area contributed by atoms with Crippen LogP contribution < -0.4 is 0 Å². The molecule has 86 valence electrons. The highest BCUT2D eigenvalue weighted by atomic mass is 16.3. The molecule has 0 saturated heterocycles. The minimum absolute atomic E-state index is 0.348. The lowest BCUT2D eigenvalue weighted by Crippen LogP contribution is -2.43. The fourth-order valence-corrected chi connectivity index (χ4v) is 3.97. The molecule has 2 aliphatic rings. The zero-order chi connectivity index (χ0) is 11.9. The molecule has 0 bridgehead atoms. The summed E-state index contributed by atoms with van der Waals surface area (Å²) in [6.45, 7) is 11.0. The van der Waals surface area contributed by atoms with E-state index < -0.39 is 5.60 Å². The Bertz CT molecular complexity index is 443. The molecule has 0 fully saturated rings. The van der Waals surface area contributed by atoms with Gasteiger partial charge in [0.15, 0.2) is 0 Å². The molecule has 1 N–H and O–H groups in total. The molecule has 0 aromatic heterocycles. The lowest BCUT2D eigenvalue weighted by molar-refractivity contribution is 0.0311. The van der Waals surface area contributed by atoms with E-state index in [0.717, 1.165) is 6.42 Å². The van der Waals surface area contributed by atoms with E-state index in [9.17, 15) is 5.11 Å². The lowest BCUT2D eigenvalue weighted by Gasteiger charge is -2.48. The summed E-state index contributed by atoms with van der Waals surface area (Å²) >= 11 is 0. The maximum atomic E-state index is 10.2. The van der Waals surface area contributed by atoms with Crippen LogP contribution in [0.5, 0.6) is 0 Å². The molecule has 1 aromatic rings. The Kier molecular flexibility index (Phi) is 1.64. The fraction of sp³-hybridized carbons (Fsp3) is 0.600. The summed E-state index contributed by atoms with van der Waals surface area (Å²) in [6.07, 6.45) is 2.00. The average molecular weight is 216 g/mol. The maximum Gasteiger partial charge on any atom is 0.0914 e. The summed E-state index contributed by atoms with van der Waals surface area (Å²) in [5, 5.41) is 10.2. The Morgan fingerprint density at radius 2 is 1.38 bits per heavy atom. The highest BCUT2D eigenvalue weighted by Gasteiger charge is 2.46. The van der Waals surface area contributed by atoms with Gasteiger partial charge in [0, 0.05) is 6.42 Å². The van der Waals surface area contributed by atoms with Gasteiger partial charge < -0.3 is 5.11 Å². The summed E-state index contributed by atoms with van der Waals surface area (Å²) in [4.78, 5) is 0. The zero-order valence-electron chi connectivity index (χ0n) is 10.9. The van der Waals surface area contributed by atoms with Crippen molar-refractivity contribution in [2.45, 2.75) is 58.5 Å². The van der Waals surface area contributed by atoms with Crippen LogP contribution in [0.1, 0.15) is 54.2 Å². The average Bonchev–Trinajstić information content (AvgIpc) is 2.09. The Hall–Kier alpha value is -0.820. The van der Waals surface area contributed by atoms with E-state index in [1.807, 2.05) is 6.92 Å². The highest BCUT2D eigenvalue weighted by molar-refractivity contribution is 5.64. The van der Waals surface area contributed by atoms with E-state index in [2.05, 4.69) is 27.7 Å². The van der Waals surface area contributed by atoms with Crippen molar-refractivity contribution in [3.05, 3.63) is 33.4 Å². The first kappa shape index (κ1) is 10.3. The molecular weight excluding hydrogens is 196 g/mol. The quantitative estimate of drug-likeness (QED) is 0.707. The molecule has 16 heavy (non-hydrogen) atoms. The number of hydrogen-bond donors (Lipinski definition) is 1. The molecule has 0 aliphatic heterocycles. The molecule has 1 aromatic carbocycles. The standard InChI is InChI=1S/C15H20O/c1-8-11-7-15(5,16)13(11)9(2)10-6-14(3,4)12(8)10/h16H,6-7H2,1-5H3. The Morgan fingerprint density at radius 1 is 0.875 bits per heavy atom. The number of benzene rings is 1. The topological polar surface area (TPSA) is 20.2 Å². The Balaban J connectivity index is 2.31. The van der Waals surface area contributed by atoms with Crippen LogP contribution in [-0.2, 0) is 23.9 Å². The normalized spacial score (nSPS) is 28.9. The minimum Gasteiger partial charge on any atom is -0.385 e. The third-order valence-corrected chi connectivity index (χ3v) is 4.61. The van der Waals surface area contributed by atoms with Gasteiger partial charge >= 0.3 is 0 Å². The van der Waals surface area contributed by atoms with Crippen molar-refractivity contribution < 1.29 is 5.11 Å². The summed E-state index contributed by atoms with van der Waals surface area (Å²) in [7, 11) is 0. The largest absolute Gasteiger partial charge is 0.385 e. The molecule has 0 heterocycles. The van der Waals surface area contributed by atoms with E-state index in [4.69, 9.17) is 0 Å². The van der Waals surface area contributed by atoms with Gasteiger partial charge in [0.05, 0.1) is 5.60 Å². The van der Waals surface area contributed by atoms with Crippen molar-refractivity contribution >= 4 is 0 Å². The van der Waals surface area contributed by atoms with Gasteiger partial charge in [-0.25, -0.2) is 0 Å². The highest BCUT2D eigenvalue weighted by Crippen LogP contribution is 2.52. The smallest absolute Gasteiger partial charge is 0.0914 e. The van der Waals surface area contributed by atoms with Gasteiger partial charge in [-0.2, -0.15) is 0 Å². The van der Waals surface area contributed by atoms with Gasteiger partial charge in [0.25, 0.3) is 0 Å². The van der Waals surface area contributed by atoms with Crippen LogP contribution in [0.25, 0.3) is 0 Å². The van der Waals surface area contributed by atoms with Crippen LogP contribution in [0.4, 0.5) is 0 Å². The van der Waals surface area contributed by atoms with E-state index in [1.54, 1.807) is 5.56 Å². The molecule has 1 heteroatoms. The molecule has 3 rings (SSSR count). The second-order valence-electron chi connectivity index (χ2n) is 6.47. The second-order valence-corrected chi connectivity index (χ2v) is 6.47. The van der Waals surface area contributed by atoms with Crippen LogP contribution >= 0.6 is 0 Å². The molecule has 0 radical (unpaired) electrons. The van der Waals surface area contributed by atoms with Gasteiger partial charge in [0.1, 0.15) is 0 Å². The van der Waals surface area contributed by atoms with Gasteiger partial charge in [-0.05, 0) is 66.0 Å². The van der Waals surface area contributed by atoms with Crippen LogP contribution in [-0.4, -0.2) is 5.11 Å². The molecule has 0 amide bonds. The van der Waals surface area contributed by atoms with Gasteiger partial charge in [-0.15, -0.1) is 0 Å². The molecule has 0 spiro atoms. The summed E-state index contributed by atoms with van der Waals surface area (Å²) in [5.41, 5.74) is 8.26. The van der Waals surface area contributed by atoms with Crippen molar-refractivity contribution in [1.29, 1.82) is 0 Å². The van der Waals surface area contributed by atoms with Crippen LogP contribution in [0, 0.1) is 13.8 Å². The predicted octanol–water partition coefficient (Wildman–Crippen LogP) is 2.90. The second kappa shape index (κ2) is 2.53. The van der Waals surface area contributed by atoms with Crippen LogP contribution in [0.15, 0.2) is 0 Å². The molecule has 1 unspecified atom stereocenters. The number of fused-ring (bicyclic) bond motifs is 2. The van der Waals surface area contributed by atoms with Crippen molar-refractivity contribution in [2.75, 3.05) is 0 Å². The molecule has 1 atom stereocenters. The van der Waals surface area contributed by atoms with Crippen molar-refractivity contribution in [3.8, 4) is 0 Å². The van der Waals surface area contributed by atoms with Crippen molar-refractivity contribution in [3.63, 3.8) is 0 Å². The zero-order valence-corrected chi connectivity index (χ0v) is 10.9. The Labute approximate surface area is 97.5 Å². The molecule has 1 nitrogen and oxygen atoms in total. The number of rotatable bonds is 0. The monoisotopic (exact) mass is 216 g/mol. The SMILES string of the molecule is Cc1c2c(c(C)c3c1C(C)(C)C3)C(C)(O)C2. The van der Waals surface area contributed by atoms with Crippen LogP contribution in [0.3, 0.4) is 0 Å². The molecule has 2 aliphatic carbocycles. The first-order valence-electron chi connectivity index (χ1n) is 6.14. The first-order valence-corrected chi connectivity index (χ1v) is 6.14. The summed E-state index contributed by atoms with van der Waals surface area (Å²) in [5.74, 6) is 0.